The van der Waals surface area contributed by atoms with Gasteiger partial charge < -0.3 is 15.6 Å². The predicted octanol–water partition coefficient (Wildman–Crippen LogP) is -0.648. The molecule has 4 atom stereocenters. The second kappa shape index (κ2) is 2.06. The number of hydrogen-bond donors (Lipinski definition) is 2. The van der Waals surface area contributed by atoms with Crippen LogP contribution in [0.25, 0.3) is 0 Å². The van der Waals surface area contributed by atoms with Crippen molar-refractivity contribution in [3.63, 3.8) is 0 Å². The molecule has 2 aliphatic rings. The number of hydrogen-bond acceptors (Lipinski definition) is 3. The molecule has 1 fully saturated rings. The number of carboxylic acids is 1. The number of ether oxygens (including phenoxy) is 1. The van der Waals surface area contributed by atoms with Crippen molar-refractivity contribution in [1.82, 2.24) is 0 Å². The lowest BCUT2D eigenvalue weighted by Gasteiger charge is -2.16. The molecule has 60 valence electrons. The summed E-state index contributed by atoms with van der Waals surface area (Å²) >= 11 is 0. The summed E-state index contributed by atoms with van der Waals surface area (Å²) in [5.41, 5.74) is 5.61. The highest BCUT2D eigenvalue weighted by Crippen LogP contribution is 2.32. The summed E-state index contributed by atoms with van der Waals surface area (Å²) in [6.45, 7) is 0. The van der Waals surface area contributed by atoms with Crippen LogP contribution in [0.15, 0.2) is 12.2 Å². The maximum absolute atomic E-state index is 10.6. The zero-order valence-electron chi connectivity index (χ0n) is 5.81. The molecule has 4 nitrogen and oxygen atoms in total. The molecule has 0 spiro atoms. The minimum absolute atomic E-state index is 0.180. The van der Waals surface area contributed by atoms with Crippen LogP contribution in [0.1, 0.15) is 0 Å². The number of nitrogens with two attached hydrogens (primary N) is 1. The average molecular weight is 155 g/mol. The fourth-order valence-electron chi connectivity index (χ4n) is 1.64. The first-order chi connectivity index (χ1) is 5.20. The molecule has 4 heteroatoms. The van der Waals surface area contributed by atoms with Crippen molar-refractivity contribution < 1.29 is 14.6 Å². The van der Waals surface area contributed by atoms with Crippen molar-refractivity contribution in [2.24, 2.45) is 11.7 Å². The van der Waals surface area contributed by atoms with E-state index in [1.807, 2.05) is 6.08 Å². The lowest BCUT2D eigenvalue weighted by atomic mass is 9.90. The third-order valence-corrected chi connectivity index (χ3v) is 2.24. The number of aliphatic carboxylic acids is 1. The molecule has 3 N–H and O–H groups in total. The van der Waals surface area contributed by atoms with Gasteiger partial charge in [0.2, 0.25) is 0 Å². The number of fused-ring (bicyclic) bond motifs is 2. The van der Waals surface area contributed by atoms with Crippen molar-refractivity contribution in [2.45, 2.75) is 18.2 Å². The Balaban J connectivity index is 2.25. The van der Waals surface area contributed by atoms with E-state index < -0.39 is 11.9 Å². The molecule has 0 saturated carbocycles. The molecule has 0 aromatic heterocycles. The highest BCUT2D eigenvalue weighted by molar-refractivity contribution is 5.73. The van der Waals surface area contributed by atoms with Crippen molar-refractivity contribution >= 4 is 5.97 Å². The number of rotatable bonds is 1. The topological polar surface area (TPSA) is 72.6 Å². The summed E-state index contributed by atoms with van der Waals surface area (Å²) in [5.74, 6) is -1.42. The summed E-state index contributed by atoms with van der Waals surface area (Å²) < 4.78 is 5.24. The molecule has 0 aliphatic carbocycles. The summed E-state index contributed by atoms with van der Waals surface area (Å²) in [7, 11) is 0. The molecule has 0 aromatic carbocycles. The fourth-order valence-corrected chi connectivity index (χ4v) is 1.64. The number of carbonyl (C=O) groups is 1. The minimum atomic E-state index is -0.866. The fraction of sp³-hybridized carbons (Fsp3) is 0.571. The first-order valence-electron chi connectivity index (χ1n) is 3.52. The Morgan fingerprint density at radius 1 is 1.45 bits per heavy atom. The van der Waals surface area contributed by atoms with Crippen LogP contribution < -0.4 is 5.73 Å². The van der Waals surface area contributed by atoms with Crippen LogP contribution >= 0.6 is 0 Å². The first kappa shape index (κ1) is 6.82. The molecule has 2 aliphatic heterocycles. The van der Waals surface area contributed by atoms with Gasteiger partial charge in [-0.05, 0) is 0 Å². The van der Waals surface area contributed by atoms with E-state index in [-0.39, 0.29) is 18.2 Å². The van der Waals surface area contributed by atoms with Crippen LogP contribution in [0.5, 0.6) is 0 Å². The van der Waals surface area contributed by atoms with Crippen molar-refractivity contribution in [2.75, 3.05) is 0 Å². The van der Waals surface area contributed by atoms with Crippen molar-refractivity contribution in [1.29, 1.82) is 0 Å². The molecule has 1 saturated heterocycles. The third-order valence-electron chi connectivity index (χ3n) is 2.24. The van der Waals surface area contributed by atoms with E-state index in [9.17, 15) is 4.79 Å². The van der Waals surface area contributed by atoms with Gasteiger partial charge in [0.05, 0.1) is 18.2 Å². The minimum Gasteiger partial charge on any atom is -0.481 e. The molecular formula is C7H9NO3. The van der Waals surface area contributed by atoms with Crippen molar-refractivity contribution in [3.8, 4) is 0 Å². The van der Waals surface area contributed by atoms with E-state index >= 15 is 0 Å². The van der Waals surface area contributed by atoms with Gasteiger partial charge in [-0.15, -0.1) is 0 Å². The molecule has 2 rings (SSSR count). The summed E-state index contributed by atoms with van der Waals surface area (Å²) in [4.78, 5) is 10.6. The van der Waals surface area contributed by atoms with Gasteiger partial charge in [0.1, 0.15) is 5.92 Å². The van der Waals surface area contributed by atoms with Crippen LogP contribution in [0.4, 0.5) is 0 Å². The third kappa shape index (κ3) is 0.797. The largest absolute Gasteiger partial charge is 0.481 e. The van der Waals surface area contributed by atoms with Gasteiger partial charge >= 0.3 is 5.97 Å². The second-order valence-electron chi connectivity index (χ2n) is 2.89. The lowest BCUT2D eigenvalue weighted by molar-refractivity contribution is -0.143. The molecule has 0 radical (unpaired) electrons. The highest BCUT2D eigenvalue weighted by Gasteiger charge is 2.47. The Morgan fingerprint density at radius 2 is 2.09 bits per heavy atom. The van der Waals surface area contributed by atoms with Crippen LogP contribution in [0.3, 0.4) is 0 Å². The second-order valence-corrected chi connectivity index (χ2v) is 2.89. The zero-order valence-corrected chi connectivity index (χ0v) is 5.81. The van der Waals surface area contributed by atoms with Crippen LogP contribution in [0.2, 0.25) is 0 Å². The number of carboxylic acid groups (broad SMARTS) is 1. The Morgan fingerprint density at radius 3 is 2.45 bits per heavy atom. The molecule has 2 heterocycles. The quantitative estimate of drug-likeness (QED) is 0.493. The molecule has 0 aromatic rings. The monoisotopic (exact) mass is 155 g/mol. The van der Waals surface area contributed by atoms with E-state index in [1.165, 1.54) is 0 Å². The summed E-state index contributed by atoms with van der Waals surface area (Å²) in [6.07, 6.45) is 3.12. The molecule has 2 bridgehead atoms. The average Bonchev–Trinajstić information content (AvgIpc) is 2.44. The maximum Gasteiger partial charge on any atom is 0.311 e. The Hall–Kier alpha value is -0.870. The molecule has 11 heavy (non-hydrogen) atoms. The van der Waals surface area contributed by atoms with Gasteiger partial charge in [0.25, 0.3) is 0 Å². The van der Waals surface area contributed by atoms with Gasteiger partial charge in [-0.1, -0.05) is 12.2 Å². The van der Waals surface area contributed by atoms with Gasteiger partial charge in [-0.3, -0.25) is 4.79 Å². The van der Waals surface area contributed by atoms with E-state index in [4.69, 9.17) is 15.6 Å². The first-order valence-corrected chi connectivity index (χ1v) is 3.52. The van der Waals surface area contributed by atoms with Crippen molar-refractivity contribution in [3.05, 3.63) is 12.2 Å². The Labute approximate surface area is 63.6 Å². The summed E-state index contributed by atoms with van der Waals surface area (Å²) in [6, 6.07) is -0.373. The van der Waals surface area contributed by atoms with Gasteiger partial charge in [-0.25, -0.2) is 0 Å². The smallest absolute Gasteiger partial charge is 0.311 e. The van der Waals surface area contributed by atoms with Crippen LogP contribution in [0, 0.1) is 5.92 Å². The van der Waals surface area contributed by atoms with E-state index in [1.54, 1.807) is 6.08 Å². The maximum atomic E-state index is 10.6. The molecular weight excluding hydrogens is 146 g/mol. The lowest BCUT2D eigenvalue weighted by Crippen LogP contribution is -2.41. The van der Waals surface area contributed by atoms with E-state index in [0.717, 1.165) is 0 Å². The Kier molecular flexibility index (Phi) is 1.27. The summed E-state index contributed by atoms with van der Waals surface area (Å²) in [5, 5.41) is 8.71. The SMILES string of the molecule is N[C@H]1[C@@H](C(=O)O)[C@@H]2C=C[C@H]1O2. The van der Waals surface area contributed by atoms with Gasteiger partial charge in [0, 0.05) is 0 Å². The van der Waals surface area contributed by atoms with E-state index in [2.05, 4.69) is 0 Å². The van der Waals surface area contributed by atoms with Crippen LogP contribution in [-0.2, 0) is 9.53 Å². The standard InChI is InChI=1S/C7H9NO3/c8-6-4-2-1-3(11-4)5(6)7(9)10/h1-6H,8H2,(H,9,10)/t3-,4+,5-,6+/m0/s1. The van der Waals surface area contributed by atoms with Gasteiger partial charge in [-0.2, -0.15) is 0 Å². The van der Waals surface area contributed by atoms with Gasteiger partial charge in [0.15, 0.2) is 0 Å². The van der Waals surface area contributed by atoms with E-state index in [0.29, 0.717) is 0 Å². The Bertz CT molecular complexity index is 226. The molecule has 0 amide bonds. The zero-order chi connectivity index (χ0) is 8.01. The highest BCUT2D eigenvalue weighted by atomic mass is 16.5. The van der Waals surface area contributed by atoms with Crippen LogP contribution in [-0.4, -0.2) is 29.3 Å². The normalized spacial score (nSPS) is 46.6. The molecule has 0 unspecified atom stereocenters. The predicted molar refractivity (Wildman–Crippen MR) is 36.9 cm³/mol.